The lowest BCUT2D eigenvalue weighted by molar-refractivity contribution is 0.265. The molecule has 0 aliphatic rings. The van der Waals surface area contributed by atoms with Gasteiger partial charge in [-0.25, -0.2) is 4.98 Å². The third-order valence-corrected chi connectivity index (χ3v) is 3.34. The van der Waals surface area contributed by atoms with Gasteiger partial charge in [-0.1, -0.05) is 0 Å². The molecule has 0 unspecified atom stereocenters. The van der Waals surface area contributed by atoms with Crippen LogP contribution in [0.2, 0.25) is 0 Å². The van der Waals surface area contributed by atoms with Crippen molar-refractivity contribution < 1.29 is 5.11 Å². The number of aliphatic hydroxyl groups excluding tert-OH is 1. The van der Waals surface area contributed by atoms with Crippen molar-refractivity contribution in [1.29, 1.82) is 0 Å². The third kappa shape index (κ3) is 2.33. The van der Waals surface area contributed by atoms with E-state index in [9.17, 15) is 5.11 Å². The van der Waals surface area contributed by atoms with E-state index in [2.05, 4.69) is 16.0 Å². The molecular weight excluding hydrogens is 208 g/mol. The van der Waals surface area contributed by atoms with Crippen LogP contribution in [0.3, 0.4) is 0 Å². The summed E-state index contributed by atoms with van der Waals surface area (Å²) >= 11 is 1.67. The fraction of sp³-hybridized carbons (Fsp3) is 0.364. The molecule has 2 aromatic rings. The van der Waals surface area contributed by atoms with Gasteiger partial charge >= 0.3 is 0 Å². The molecule has 3 nitrogen and oxygen atoms in total. The molecule has 0 fully saturated rings. The third-order valence-electron chi connectivity index (χ3n) is 2.17. The molecule has 1 heterocycles. The Kier molecular flexibility index (Phi) is 2.71. The monoisotopic (exact) mass is 222 g/mol. The van der Waals surface area contributed by atoms with Crippen molar-refractivity contribution in [2.24, 2.45) is 0 Å². The van der Waals surface area contributed by atoms with Gasteiger partial charge in [-0.3, -0.25) is 0 Å². The Hall–Kier alpha value is -1.00. The number of aliphatic hydroxyl groups is 1. The number of thioether (sulfide) groups is 1. The minimum absolute atomic E-state index is 0.145. The van der Waals surface area contributed by atoms with Crippen molar-refractivity contribution in [2.75, 3.05) is 6.61 Å². The SMILES string of the molecule is CC(C)(CO)Sc1ccc2nc[nH]c2c1. The van der Waals surface area contributed by atoms with Crippen molar-refractivity contribution in [3.05, 3.63) is 24.5 Å². The summed E-state index contributed by atoms with van der Waals surface area (Å²) in [5, 5.41) is 9.19. The van der Waals surface area contributed by atoms with E-state index in [0.717, 1.165) is 15.9 Å². The number of hydrogen-bond donors (Lipinski definition) is 2. The molecule has 2 N–H and O–H groups in total. The number of aromatic amines is 1. The van der Waals surface area contributed by atoms with Crippen LogP contribution in [0.5, 0.6) is 0 Å². The van der Waals surface area contributed by atoms with Crippen LogP contribution in [0.25, 0.3) is 11.0 Å². The Morgan fingerprint density at radius 2 is 2.27 bits per heavy atom. The summed E-state index contributed by atoms with van der Waals surface area (Å²) in [7, 11) is 0. The lowest BCUT2D eigenvalue weighted by Gasteiger charge is -2.20. The molecule has 0 amide bonds. The average Bonchev–Trinajstić information content (AvgIpc) is 2.64. The molecule has 0 aliphatic carbocycles. The van der Waals surface area contributed by atoms with Gasteiger partial charge in [-0.15, -0.1) is 11.8 Å². The molecule has 2 rings (SSSR count). The van der Waals surface area contributed by atoms with Gasteiger partial charge in [0.05, 0.1) is 24.0 Å². The maximum Gasteiger partial charge on any atom is 0.0931 e. The first-order valence-electron chi connectivity index (χ1n) is 4.84. The average molecular weight is 222 g/mol. The summed E-state index contributed by atoms with van der Waals surface area (Å²) < 4.78 is -0.145. The molecule has 15 heavy (non-hydrogen) atoms. The van der Waals surface area contributed by atoms with Crippen molar-refractivity contribution >= 4 is 22.8 Å². The van der Waals surface area contributed by atoms with Crippen LogP contribution in [-0.2, 0) is 0 Å². The van der Waals surface area contributed by atoms with Crippen LogP contribution in [0.1, 0.15) is 13.8 Å². The van der Waals surface area contributed by atoms with Gasteiger partial charge in [0.2, 0.25) is 0 Å². The number of imidazole rings is 1. The van der Waals surface area contributed by atoms with E-state index in [0.29, 0.717) is 0 Å². The Bertz CT molecular complexity index is 464. The van der Waals surface area contributed by atoms with Gasteiger partial charge in [-0.05, 0) is 32.0 Å². The normalized spacial score (nSPS) is 12.2. The van der Waals surface area contributed by atoms with E-state index in [4.69, 9.17) is 0 Å². The van der Waals surface area contributed by atoms with Gasteiger partial charge in [0.25, 0.3) is 0 Å². The van der Waals surface area contributed by atoms with Gasteiger partial charge < -0.3 is 10.1 Å². The second-order valence-corrected chi connectivity index (χ2v) is 5.88. The van der Waals surface area contributed by atoms with Crippen molar-refractivity contribution in [2.45, 2.75) is 23.5 Å². The van der Waals surface area contributed by atoms with Crippen LogP contribution >= 0.6 is 11.8 Å². The minimum Gasteiger partial charge on any atom is -0.395 e. The summed E-state index contributed by atoms with van der Waals surface area (Å²) in [4.78, 5) is 8.38. The molecule has 0 saturated carbocycles. The van der Waals surface area contributed by atoms with Gasteiger partial charge in [0.1, 0.15) is 0 Å². The number of benzene rings is 1. The number of hydrogen-bond acceptors (Lipinski definition) is 3. The zero-order valence-corrected chi connectivity index (χ0v) is 9.64. The van der Waals surface area contributed by atoms with E-state index >= 15 is 0 Å². The molecule has 0 radical (unpaired) electrons. The first-order valence-corrected chi connectivity index (χ1v) is 5.65. The summed E-state index contributed by atoms with van der Waals surface area (Å²) in [5.74, 6) is 0. The lowest BCUT2D eigenvalue weighted by Crippen LogP contribution is -2.19. The van der Waals surface area contributed by atoms with Gasteiger partial charge in [0.15, 0.2) is 0 Å². The first kappa shape index (κ1) is 10.5. The molecule has 0 spiro atoms. The van der Waals surface area contributed by atoms with E-state index in [-0.39, 0.29) is 11.4 Å². The molecule has 80 valence electrons. The van der Waals surface area contributed by atoms with Crippen molar-refractivity contribution in [1.82, 2.24) is 9.97 Å². The van der Waals surface area contributed by atoms with Crippen molar-refractivity contribution in [3.63, 3.8) is 0 Å². The Labute approximate surface area is 92.9 Å². The second-order valence-electron chi connectivity index (χ2n) is 4.10. The lowest BCUT2D eigenvalue weighted by atomic mass is 10.2. The highest BCUT2D eigenvalue weighted by Gasteiger charge is 2.18. The number of nitrogens with one attached hydrogen (secondary N) is 1. The predicted octanol–water partition coefficient (Wildman–Crippen LogP) is 2.43. The molecule has 0 saturated heterocycles. The summed E-state index contributed by atoms with van der Waals surface area (Å²) in [6.07, 6.45) is 1.69. The quantitative estimate of drug-likeness (QED) is 0.784. The standard InChI is InChI=1S/C11H14N2OS/c1-11(2,6-14)15-8-3-4-9-10(5-8)13-7-12-9/h3-5,7,14H,6H2,1-2H3,(H,12,13). The maximum atomic E-state index is 9.19. The number of fused-ring (bicyclic) bond motifs is 1. The van der Waals surface area contributed by atoms with E-state index in [1.807, 2.05) is 26.0 Å². The number of rotatable bonds is 3. The highest BCUT2D eigenvalue weighted by molar-refractivity contribution is 8.00. The largest absolute Gasteiger partial charge is 0.395 e. The van der Waals surface area contributed by atoms with E-state index in [1.165, 1.54) is 0 Å². The molecule has 4 heteroatoms. The Morgan fingerprint density at radius 3 is 3.00 bits per heavy atom. The van der Waals surface area contributed by atoms with Gasteiger partial charge in [0, 0.05) is 9.64 Å². The maximum absolute atomic E-state index is 9.19. The van der Waals surface area contributed by atoms with Crippen LogP contribution < -0.4 is 0 Å². The molecular formula is C11H14N2OS. The highest BCUT2D eigenvalue weighted by atomic mass is 32.2. The second kappa shape index (κ2) is 3.87. The van der Waals surface area contributed by atoms with Crippen LogP contribution in [0.15, 0.2) is 29.4 Å². The summed E-state index contributed by atoms with van der Waals surface area (Å²) in [5.41, 5.74) is 2.01. The van der Waals surface area contributed by atoms with Crippen molar-refractivity contribution in [3.8, 4) is 0 Å². The molecule has 0 atom stereocenters. The molecule has 1 aromatic carbocycles. The zero-order chi connectivity index (χ0) is 10.9. The number of nitrogens with zero attached hydrogens (tertiary/aromatic N) is 1. The fourth-order valence-corrected chi connectivity index (χ4v) is 2.34. The summed E-state index contributed by atoms with van der Waals surface area (Å²) in [6.45, 7) is 4.21. The Morgan fingerprint density at radius 1 is 1.47 bits per heavy atom. The van der Waals surface area contributed by atoms with E-state index < -0.39 is 0 Å². The molecule has 0 aliphatic heterocycles. The predicted molar refractivity (Wildman–Crippen MR) is 63.1 cm³/mol. The highest BCUT2D eigenvalue weighted by Crippen LogP contribution is 2.32. The minimum atomic E-state index is -0.145. The van der Waals surface area contributed by atoms with Crippen LogP contribution in [-0.4, -0.2) is 26.4 Å². The first-order chi connectivity index (χ1) is 7.11. The van der Waals surface area contributed by atoms with Crippen LogP contribution in [0, 0.1) is 0 Å². The fourth-order valence-electron chi connectivity index (χ4n) is 1.33. The summed E-state index contributed by atoms with van der Waals surface area (Å²) in [6, 6.07) is 6.08. The topological polar surface area (TPSA) is 48.9 Å². The van der Waals surface area contributed by atoms with Crippen LogP contribution in [0.4, 0.5) is 0 Å². The molecule has 0 bridgehead atoms. The smallest absolute Gasteiger partial charge is 0.0931 e. The number of H-pyrrole nitrogens is 1. The van der Waals surface area contributed by atoms with Gasteiger partial charge in [-0.2, -0.15) is 0 Å². The zero-order valence-electron chi connectivity index (χ0n) is 8.82. The van der Waals surface area contributed by atoms with E-state index in [1.54, 1.807) is 18.1 Å². The molecule has 1 aromatic heterocycles. The number of aromatic nitrogens is 2. The Balaban J connectivity index is 2.28.